The first-order chi connectivity index (χ1) is 13.2. The van der Waals surface area contributed by atoms with Gasteiger partial charge in [-0.2, -0.15) is 5.10 Å². The number of nitrogens with one attached hydrogen (secondary N) is 1. The summed E-state index contributed by atoms with van der Waals surface area (Å²) in [5, 5.41) is 15.8. The molecule has 0 bridgehead atoms. The number of aromatic amines is 1. The fourth-order valence-corrected chi connectivity index (χ4v) is 3.43. The Morgan fingerprint density at radius 1 is 1.37 bits per heavy atom. The highest BCUT2D eigenvalue weighted by Gasteiger charge is 2.23. The summed E-state index contributed by atoms with van der Waals surface area (Å²) in [5.41, 5.74) is 2.09. The molecule has 0 spiro atoms. The summed E-state index contributed by atoms with van der Waals surface area (Å²) in [7, 11) is 3.71. The number of ether oxygens (including phenoxy) is 2. The molecule has 1 aromatic carbocycles. The molecule has 0 aliphatic carbocycles. The zero-order chi connectivity index (χ0) is 18.6. The van der Waals surface area contributed by atoms with Crippen molar-refractivity contribution >= 4 is 5.95 Å². The zero-order valence-corrected chi connectivity index (χ0v) is 15.6. The van der Waals surface area contributed by atoms with E-state index in [9.17, 15) is 0 Å². The lowest BCUT2D eigenvalue weighted by atomic mass is 10.1. The minimum atomic E-state index is 0.468. The van der Waals surface area contributed by atoms with E-state index >= 15 is 0 Å². The molecular weight excluding hydrogens is 344 g/mol. The molecule has 0 radical (unpaired) electrons. The molecule has 1 saturated heterocycles. The molecule has 1 fully saturated rings. The van der Waals surface area contributed by atoms with Crippen LogP contribution in [0.1, 0.15) is 12.0 Å². The highest BCUT2D eigenvalue weighted by molar-refractivity contribution is 5.55. The van der Waals surface area contributed by atoms with E-state index in [1.54, 1.807) is 13.3 Å². The van der Waals surface area contributed by atoms with Crippen LogP contribution in [0.5, 0.6) is 5.75 Å². The van der Waals surface area contributed by atoms with Crippen LogP contribution in [-0.4, -0.2) is 52.3 Å². The number of nitrogens with zero attached hydrogens (tertiary/aromatic N) is 5. The van der Waals surface area contributed by atoms with Gasteiger partial charge >= 0.3 is 0 Å². The van der Waals surface area contributed by atoms with Gasteiger partial charge in [0.2, 0.25) is 5.95 Å². The van der Waals surface area contributed by atoms with Gasteiger partial charge in [-0.3, -0.25) is 9.67 Å². The number of hydrogen-bond acceptors (Lipinski definition) is 6. The number of benzene rings is 1. The topological polar surface area (TPSA) is 81.1 Å². The minimum absolute atomic E-state index is 0.468. The van der Waals surface area contributed by atoms with Crippen LogP contribution in [0.2, 0.25) is 0 Å². The van der Waals surface area contributed by atoms with Gasteiger partial charge in [0.1, 0.15) is 5.75 Å². The number of aromatic nitrogens is 5. The van der Waals surface area contributed by atoms with Crippen molar-refractivity contribution in [3.05, 3.63) is 42.2 Å². The monoisotopic (exact) mass is 368 g/mol. The Kier molecular flexibility index (Phi) is 5.06. The third-order valence-corrected chi connectivity index (χ3v) is 4.85. The van der Waals surface area contributed by atoms with Crippen molar-refractivity contribution in [3.8, 4) is 17.1 Å². The highest BCUT2D eigenvalue weighted by Crippen LogP contribution is 2.26. The third-order valence-electron chi connectivity index (χ3n) is 4.85. The molecule has 142 valence electrons. The van der Waals surface area contributed by atoms with Crippen LogP contribution in [-0.2, 0) is 17.8 Å². The molecule has 2 aromatic heterocycles. The lowest BCUT2D eigenvalue weighted by molar-refractivity contribution is 0.182. The molecule has 8 nitrogen and oxygen atoms in total. The lowest BCUT2D eigenvalue weighted by Crippen LogP contribution is -2.23. The SMILES string of the molecule is COc1cccc(CN(C)c2nnc(-c3cn[nH]c3)n2CC2CCOC2)c1. The quantitative estimate of drug-likeness (QED) is 0.689. The maximum atomic E-state index is 5.56. The van der Waals surface area contributed by atoms with Gasteiger partial charge in [0, 0.05) is 38.9 Å². The summed E-state index contributed by atoms with van der Waals surface area (Å²) >= 11 is 0. The van der Waals surface area contributed by atoms with Crippen molar-refractivity contribution in [2.24, 2.45) is 5.92 Å². The average molecular weight is 368 g/mol. The molecule has 27 heavy (non-hydrogen) atoms. The van der Waals surface area contributed by atoms with Crippen LogP contribution in [0.3, 0.4) is 0 Å². The molecule has 1 aliphatic heterocycles. The maximum absolute atomic E-state index is 5.56. The summed E-state index contributed by atoms with van der Waals surface area (Å²) in [6.45, 7) is 3.14. The van der Waals surface area contributed by atoms with Crippen molar-refractivity contribution in [3.63, 3.8) is 0 Å². The van der Waals surface area contributed by atoms with Crippen LogP contribution in [0.4, 0.5) is 5.95 Å². The molecule has 1 unspecified atom stereocenters. The smallest absolute Gasteiger partial charge is 0.227 e. The minimum Gasteiger partial charge on any atom is -0.497 e. The normalized spacial score (nSPS) is 16.6. The summed E-state index contributed by atoms with van der Waals surface area (Å²) in [4.78, 5) is 2.11. The average Bonchev–Trinajstić information content (AvgIpc) is 3.44. The molecule has 0 amide bonds. The predicted molar refractivity (Wildman–Crippen MR) is 102 cm³/mol. The van der Waals surface area contributed by atoms with E-state index in [1.165, 1.54) is 0 Å². The van der Waals surface area contributed by atoms with E-state index in [0.717, 1.165) is 54.8 Å². The van der Waals surface area contributed by atoms with Crippen molar-refractivity contribution in [1.29, 1.82) is 0 Å². The van der Waals surface area contributed by atoms with Gasteiger partial charge in [-0.05, 0) is 24.1 Å². The number of H-pyrrole nitrogens is 1. The van der Waals surface area contributed by atoms with Crippen LogP contribution in [0, 0.1) is 5.92 Å². The van der Waals surface area contributed by atoms with Crippen LogP contribution in [0.15, 0.2) is 36.7 Å². The summed E-state index contributed by atoms with van der Waals surface area (Å²) < 4.78 is 13.1. The summed E-state index contributed by atoms with van der Waals surface area (Å²) in [6, 6.07) is 8.07. The first kappa shape index (κ1) is 17.5. The van der Waals surface area contributed by atoms with Crippen LogP contribution < -0.4 is 9.64 Å². The number of rotatable bonds is 7. The van der Waals surface area contributed by atoms with Gasteiger partial charge in [0.05, 0.1) is 25.5 Å². The number of anilines is 1. The molecular formula is C19H24N6O2. The van der Waals surface area contributed by atoms with Crippen LogP contribution >= 0.6 is 0 Å². The summed E-state index contributed by atoms with van der Waals surface area (Å²) in [6.07, 6.45) is 4.68. The molecule has 4 rings (SSSR count). The summed E-state index contributed by atoms with van der Waals surface area (Å²) in [5.74, 6) is 2.98. The second-order valence-electron chi connectivity index (χ2n) is 6.86. The Labute approximate surface area is 158 Å². The fraction of sp³-hybridized carbons (Fsp3) is 0.421. The van der Waals surface area contributed by atoms with E-state index in [1.807, 2.05) is 31.4 Å². The first-order valence-electron chi connectivity index (χ1n) is 9.08. The molecule has 1 N–H and O–H groups in total. The van der Waals surface area contributed by atoms with Crippen molar-refractivity contribution in [2.45, 2.75) is 19.5 Å². The molecule has 3 heterocycles. The lowest BCUT2D eigenvalue weighted by Gasteiger charge is -2.21. The number of hydrogen-bond donors (Lipinski definition) is 1. The van der Waals surface area contributed by atoms with E-state index in [2.05, 4.69) is 35.9 Å². The van der Waals surface area contributed by atoms with Gasteiger partial charge in [-0.15, -0.1) is 10.2 Å². The largest absolute Gasteiger partial charge is 0.497 e. The number of methoxy groups -OCH3 is 1. The van der Waals surface area contributed by atoms with Gasteiger partial charge < -0.3 is 14.4 Å². The Bertz CT molecular complexity index is 870. The van der Waals surface area contributed by atoms with Gasteiger partial charge in [0.15, 0.2) is 5.82 Å². The molecule has 1 aliphatic rings. The van der Waals surface area contributed by atoms with Crippen LogP contribution in [0.25, 0.3) is 11.4 Å². The van der Waals surface area contributed by atoms with E-state index in [-0.39, 0.29) is 0 Å². The van der Waals surface area contributed by atoms with E-state index in [0.29, 0.717) is 12.5 Å². The third kappa shape index (κ3) is 3.80. The van der Waals surface area contributed by atoms with Gasteiger partial charge in [0.25, 0.3) is 0 Å². The van der Waals surface area contributed by atoms with Gasteiger partial charge in [-0.1, -0.05) is 12.1 Å². The highest BCUT2D eigenvalue weighted by atomic mass is 16.5. The van der Waals surface area contributed by atoms with E-state index in [4.69, 9.17) is 9.47 Å². The van der Waals surface area contributed by atoms with Crippen molar-refractivity contribution in [2.75, 3.05) is 32.3 Å². The van der Waals surface area contributed by atoms with E-state index < -0.39 is 0 Å². The second-order valence-corrected chi connectivity index (χ2v) is 6.86. The zero-order valence-electron chi connectivity index (χ0n) is 15.6. The second kappa shape index (κ2) is 7.79. The predicted octanol–water partition coefficient (Wildman–Crippen LogP) is 2.35. The molecule has 0 saturated carbocycles. The van der Waals surface area contributed by atoms with Crippen molar-refractivity contribution in [1.82, 2.24) is 25.0 Å². The maximum Gasteiger partial charge on any atom is 0.227 e. The Balaban J connectivity index is 1.62. The Morgan fingerprint density at radius 2 is 2.30 bits per heavy atom. The fourth-order valence-electron chi connectivity index (χ4n) is 3.43. The standard InChI is InChI=1S/C19H24N6O2/c1-24(11-14-4-3-5-17(8-14)26-2)19-23-22-18(16-9-20-21-10-16)25(19)12-15-6-7-27-13-15/h3-5,8-10,15H,6-7,11-13H2,1-2H3,(H,20,21). The Hall–Kier alpha value is -2.87. The van der Waals surface area contributed by atoms with Gasteiger partial charge in [-0.25, -0.2) is 0 Å². The van der Waals surface area contributed by atoms with Crippen molar-refractivity contribution < 1.29 is 9.47 Å². The molecule has 8 heteroatoms. The first-order valence-corrected chi connectivity index (χ1v) is 9.08. The molecule has 1 atom stereocenters. The Morgan fingerprint density at radius 3 is 3.04 bits per heavy atom. The molecule has 3 aromatic rings.